The van der Waals surface area contributed by atoms with Gasteiger partial charge in [-0.25, -0.2) is 0 Å². The van der Waals surface area contributed by atoms with Crippen LogP contribution in [0.5, 0.6) is 11.5 Å². The number of ether oxygens (including phenoxy) is 2. The van der Waals surface area contributed by atoms with Crippen molar-refractivity contribution >= 4 is 23.2 Å². The fourth-order valence-electron chi connectivity index (χ4n) is 3.75. The minimum Gasteiger partial charge on any atom is -0.493 e. The first kappa shape index (κ1) is 24.5. The molecule has 36 heavy (non-hydrogen) atoms. The van der Waals surface area contributed by atoms with Crippen molar-refractivity contribution in [1.82, 2.24) is 0 Å². The second-order valence-electron chi connectivity index (χ2n) is 8.15. The van der Waals surface area contributed by atoms with Gasteiger partial charge in [0.15, 0.2) is 0 Å². The number of hydrogen-bond donors (Lipinski definition) is 2. The summed E-state index contributed by atoms with van der Waals surface area (Å²) in [5.41, 5.74) is 4.68. The van der Waals surface area contributed by atoms with Crippen molar-refractivity contribution in [2.75, 3.05) is 17.2 Å². The van der Waals surface area contributed by atoms with E-state index in [1.165, 1.54) is 6.92 Å². The van der Waals surface area contributed by atoms with E-state index >= 15 is 0 Å². The summed E-state index contributed by atoms with van der Waals surface area (Å²) >= 11 is 0. The fraction of sp³-hybridized carbons (Fsp3) is 0.133. The molecule has 0 unspecified atom stereocenters. The molecule has 4 aromatic carbocycles. The zero-order valence-electron chi connectivity index (χ0n) is 20.3. The average Bonchev–Trinajstić information content (AvgIpc) is 2.89. The van der Waals surface area contributed by atoms with Crippen LogP contribution in [0.2, 0.25) is 0 Å². The largest absolute Gasteiger partial charge is 0.493 e. The molecule has 6 heteroatoms. The molecule has 0 fully saturated rings. The van der Waals surface area contributed by atoms with Crippen LogP contribution in [-0.2, 0) is 11.4 Å². The summed E-state index contributed by atoms with van der Waals surface area (Å²) in [5.74, 6) is 0.945. The van der Waals surface area contributed by atoms with Crippen LogP contribution in [0.15, 0.2) is 97.1 Å². The highest BCUT2D eigenvalue weighted by Crippen LogP contribution is 2.26. The van der Waals surface area contributed by atoms with Gasteiger partial charge in [-0.1, -0.05) is 48.5 Å². The molecule has 4 rings (SSSR count). The molecule has 0 aliphatic carbocycles. The predicted molar refractivity (Wildman–Crippen MR) is 143 cm³/mol. The number of rotatable bonds is 9. The summed E-state index contributed by atoms with van der Waals surface area (Å²) in [6.07, 6.45) is 0. The molecule has 0 radical (unpaired) electrons. The van der Waals surface area contributed by atoms with E-state index in [9.17, 15) is 9.59 Å². The lowest BCUT2D eigenvalue weighted by Crippen LogP contribution is -2.13. The molecular weight excluding hydrogens is 452 g/mol. The lowest BCUT2D eigenvalue weighted by atomic mass is 10.1. The Bertz CT molecular complexity index is 1330. The minimum atomic E-state index is -0.272. The van der Waals surface area contributed by atoms with E-state index in [0.717, 1.165) is 22.4 Å². The molecular formula is C30H28N2O4. The molecule has 0 aromatic heterocycles. The normalized spacial score (nSPS) is 10.4. The number of amides is 2. The van der Waals surface area contributed by atoms with Crippen molar-refractivity contribution in [2.45, 2.75) is 20.5 Å². The SMILES string of the molecule is CCOc1ccc(C(=O)Nc2cccc(NC(C)=O)c2)cc1COc1ccc(-c2ccccc2)cc1. The maximum absolute atomic E-state index is 12.9. The van der Waals surface area contributed by atoms with Gasteiger partial charge < -0.3 is 20.1 Å². The molecule has 6 nitrogen and oxygen atoms in total. The van der Waals surface area contributed by atoms with Crippen LogP contribution in [0.3, 0.4) is 0 Å². The number of carbonyl (C=O) groups is 2. The van der Waals surface area contributed by atoms with E-state index in [1.807, 2.05) is 49.4 Å². The molecule has 0 atom stereocenters. The second-order valence-corrected chi connectivity index (χ2v) is 8.15. The third-order valence-corrected chi connectivity index (χ3v) is 5.42. The summed E-state index contributed by atoms with van der Waals surface area (Å²) < 4.78 is 11.8. The topological polar surface area (TPSA) is 76.7 Å². The third kappa shape index (κ3) is 6.51. The number of benzene rings is 4. The van der Waals surface area contributed by atoms with E-state index in [2.05, 4.69) is 22.8 Å². The van der Waals surface area contributed by atoms with Gasteiger partial charge in [0, 0.05) is 29.4 Å². The maximum atomic E-state index is 12.9. The molecule has 2 N–H and O–H groups in total. The van der Waals surface area contributed by atoms with Crippen LogP contribution in [0.1, 0.15) is 29.8 Å². The summed E-state index contributed by atoms with van der Waals surface area (Å²) in [6, 6.07) is 30.3. The smallest absolute Gasteiger partial charge is 0.255 e. The molecule has 0 spiro atoms. The fourth-order valence-corrected chi connectivity index (χ4v) is 3.75. The predicted octanol–water partition coefficient (Wildman–Crippen LogP) is 6.54. The molecule has 0 aliphatic rings. The Morgan fingerprint density at radius 2 is 1.42 bits per heavy atom. The monoisotopic (exact) mass is 480 g/mol. The Kier molecular flexibility index (Phi) is 7.98. The van der Waals surface area contributed by atoms with Gasteiger partial charge in [-0.2, -0.15) is 0 Å². The minimum absolute atomic E-state index is 0.177. The van der Waals surface area contributed by atoms with Gasteiger partial charge in [0.1, 0.15) is 18.1 Å². The molecule has 182 valence electrons. The zero-order valence-corrected chi connectivity index (χ0v) is 20.3. The lowest BCUT2D eigenvalue weighted by Gasteiger charge is -2.14. The lowest BCUT2D eigenvalue weighted by molar-refractivity contribution is -0.114. The van der Waals surface area contributed by atoms with Crippen LogP contribution < -0.4 is 20.1 Å². The molecule has 2 amide bonds. The van der Waals surface area contributed by atoms with E-state index in [1.54, 1.807) is 42.5 Å². The van der Waals surface area contributed by atoms with Crippen LogP contribution in [0.4, 0.5) is 11.4 Å². The first-order valence-electron chi connectivity index (χ1n) is 11.7. The molecule has 0 heterocycles. The summed E-state index contributed by atoms with van der Waals surface area (Å²) in [6.45, 7) is 4.10. The zero-order chi connectivity index (χ0) is 25.3. The van der Waals surface area contributed by atoms with Gasteiger partial charge in [0.25, 0.3) is 5.91 Å². The van der Waals surface area contributed by atoms with Crippen molar-refractivity contribution in [3.8, 4) is 22.6 Å². The Morgan fingerprint density at radius 1 is 0.722 bits per heavy atom. The van der Waals surface area contributed by atoms with Crippen molar-refractivity contribution < 1.29 is 19.1 Å². The van der Waals surface area contributed by atoms with Crippen molar-refractivity contribution in [3.05, 3.63) is 108 Å². The second kappa shape index (κ2) is 11.7. The van der Waals surface area contributed by atoms with E-state index in [4.69, 9.17) is 9.47 Å². The quantitative estimate of drug-likeness (QED) is 0.285. The summed E-state index contributed by atoms with van der Waals surface area (Å²) in [5, 5.41) is 5.58. The molecule has 0 saturated heterocycles. The van der Waals surface area contributed by atoms with E-state index < -0.39 is 0 Å². The molecule has 0 bridgehead atoms. The van der Waals surface area contributed by atoms with Crippen molar-refractivity contribution in [2.24, 2.45) is 0 Å². The Hall–Kier alpha value is -4.58. The molecule has 0 saturated carbocycles. The summed E-state index contributed by atoms with van der Waals surface area (Å²) in [4.78, 5) is 24.2. The Labute approximate surface area is 210 Å². The number of hydrogen-bond acceptors (Lipinski definition) is 4. The first-order valence-corrected chi connectivity index (χ1v) is 11.7. The van der Waals surface area contributed by atoms with Gasteiger partial charge in [-0.3, -0.25) is 9.59 Å². The van der Waals surface area contributed by atoms with Crippen molar-refractivity contribution in [1.29, 1.82) is 0 Å². The Morgan fingerprint density at radius 3 is 2.11 bits per heavy atom. The standard InChI is InChI=1S/C30H28N2O4/c1-3-35-29-17-14-24(30(34)32-27-11-7-10-26(19-27)31-21(2)33)18-25(29)20-36-28-15-12-23(13-16-28)22-8-5-4-6-9-22/h4-19H,3,20H2,1-2H3,(H,31,33)(H,32,34). The average molecular weight is 481 g/mol. The van der Waals surface area contributed by atoms with E-state index in [0.29, 0.717) is 29.3 Å². The maximum Gasteiger partial charge on any atom is 0.255 e. The number of anilines is 2. The Balaban J connectivity index is 1.47. The highest BCUT2D eigenvalue weighted by Gasteiger charge is 2.12. The van der Waals surface area contributed by atoms with Gasteiger partial charge in [-0.05, 0) is 66.6 Å². The van der Waals surface area contributed by atoms with Crippen LogP contribution >= 0.6 is 0 Å². The molecule has 0 aliphatic heterocycles. The van der Waals surface area contributed by atoms with Crippen molar-refractivity contribution in [3.63, 3.8) is 0 Å². The third-order valence-electron chi connectivity index (χ3n) is 5.42. The van der Waals surface area contributed by atoms with Gasteiger partial charge in [0.2, 0.25) is 5.91 Å². The van der Waals surface area contributed by atoms with Crippen LogP contribution in [0.25, 0.3) is 11.1 Å². The van der Waals surface area contributed by atoms with Crippen LogP contribution in [-0.4, -0.2) is 18.4 Å². The highest BCUT2D eigenvalue weighted by atomic mass is 16.5. The van der Waals surface area contributed by atoms with Gasteiger partial charge in [-0.15, -0.1) is 0 Å². The van der Waals surface area contributed by atoms with Gasteiger partial charge in [0.05, 0.1) is 6.61 Å². The number of nitrogens with one attached hydrogen (secondary N) is 2. The first-order chi connectivity index (χ1) is 17.5. The molecule has 4 aromatic rings. The van der Waals surface area contributed by atoms with Gasteiger partial charge >= 0.3 is 0 Å². The summed E-state index contributed by atoms with van der Waals surface area (Å²) in [7, 11) is 0. The van der Waals surface area contributed by atoms with E-state index in [-0.39, 0.29) is 18.4 Å². The highest BCUT2D eigenvalue weighted by molar-refractivity contribution is 6.05. The number of carbonyl (C=O) groups excluding carboxylic acids is 2. The van der Waals surface area contributed by atoms with Crippen LogP contribution in [0, 0.1) is 0 Å².